The van der Waals surface area contributed by atoms with Crippen LogP contribution in [0.2, 0.25) is 0 Å². The molecule has 8 heteroatoms. The molecule has 4 aliphatic rings. The van der Waals surface area contributed by atoms with Crippen LogP contribution in [0, 0.1) is 0 Å². The number of fused-ring (bicyclic) bond motifs is 16. The van der Waals surface area contributed by atoms with Crippen LogP contribution in [0.5, 0.6) is 0 Å². The molecule has 8 nitrogen and oxygen atoms in total. The summed E-state index contributed by atoms with van der Waals surface area (Å²) in [6.45, 7) is 9.12. The van der Waals surface area contributed by atoms with Gasteiger partial charge in [-0.05, 0) is 161 Å². The summed E-state index contributed by atoms with van der Waals surface area (Å²) in [6.07, 6.45) is 40.3. The zero-order chi connectivity index (χ0) is 49.2. The van der Waals surface area contributed by atoms with Gasteiger partial charge in [0, 0.05) is 77.5 Å². The second-order valence-corrected chi connectivity index (χ2v) is 20.4. The van der Waals surface area contributed by atoms with Crippen LogP contribution in [0.4, 0.5) is 0 Å². The van der Waals surface area contributed by atoms with E-state index in [9.17, 15) is 0 Å². The van der Waals surface area contributed by atoms with Gasteiger partial charge in [0.25, 0.3) is 0 Å². The van der Waals surface area contributed by atoms with E-state index >= 15 is 0 Å². The Morgan fingerprint density at radius 2 is 0.514 bits per heavy atom. The Hall–Kier alpha value is -6.80. The first-order valence-electron chi connectivity index (χ1n) is 27.7. The van der Waals surface area contributed by atoms with Gasteiger partial charge in [-0.2, -0.15) is 0 Å². The summed E-state index contributed by atoms with van der Waals surface area (Å²) >= 11 is 0. The number of aryl methyl sites for hydroxylation is 4. The van der Waals surface area contributed by atoms with Crippen molar-refractivity contribution >= 4 is 92.7 Å². The van der Waals surface area contributed by atoms with E-state index in [4.69, 9.17) is 19.9 Å². The quantitative estimate of drug-likeness (QED) is 0.0537. The number of aromatic amines is 4. The van der Waals surface area contributed by atoms with Gasteiger partial charge in [0.05, 0.1) is 45.6 Å². The predicted molar refractivity (Wildman–Crippen MR) is 308 cm³/mol. The lowest BCUT2D eigenvalue weighted by Gasteiger charge is -2.09. The highest BCUT2D eigenvalue weighted by atomic mass is 14.8. The van der Waals surface area contributed by atoms with Gasteiger partial charge in [-0.25, -0.2) is 19.9 Å². The number of nitrogens with one attached hydrogen (secondary N) is 4. The van der Waals surface area contributed by atoms with Crippen molar-refractivity contribution in [3.05, 3.63) is 128 Å². The van der Waals surface area contributed by atoms with Gasteiger partial charge >= 0.3 is 0 Å². The Balaban J connectivity index is 1.31. The summed E-state index contributed by atoms with van der Waals surface area (Å²) in [5.74, 6) is 0. The molecule has 6 aromatic rings. The van der Waals surface area contributed by atoms with Crippen LogP contribution in [-0.4, -0.2) is 39.9 Å². The largest absolute Gasteiger partial charge is 0.355 e. The van der Waals surface area contributed by atoms with Gasteiger partial charge in [-0.1, -0.05) is 105 Å². The van der Waals surface area contributed by atoms with Gasteiger partial charge in [0.2, 0.25) is 0 Å². The number of H-pyrrole nitrogens is 4. The molecule has 0 saturated heterocycles. The number of unbranched alkanes of at least 4 members (excludes halogenated alkanes) is 12. The maximum Gasteiger partial charge on any atom is 0.0739 e. The molecular formula is C64H74N8. The van der Waals surface area contributed by atoms with E-state index in [2.05, 4.69) is 157 Å². The minimum Gasteiger partial charge on any atom is -0.355 e. The summed E-state index contributed by atoms with van der Waals surface area (Å²) in [6, 6.07) is 22.2. The first kappa shape index (κ1) is 48.8. The highest BCUT2D eigenvalue weighted by Crippen LogP contribution is 2.39. The van der Waals surface area contributed by atoms with Crippen LogP contribution < -0.4 is 0 Å². The van der Waals surface area contributed by atoms with Crippen LogP contribution in [0.1, 0.15) is 198 Å². The van der Waals surface area contributed by atoms with Crippen LogP contribution in [0.15, 0.2) is 60.7 Å². The molecule has 0 spiro atoms. The van der Waals surface area contributed by atoms with Crippen LogP contribution >= 0.6 is 0 Å². The molecule has 0 amide bonds. The minimum atomic E-state index is 0.877. The lowest BCUT2D eigenvalue weighted by molar-refractivity contribution is 0.667. The Morgan fingerprint density at radius 3 is 0.750 bits per heavy atom. The lowest BCUT2D eigenvalue weighted by atomic mass is 9.99. The maximum absolute atomic E-state index is 5.68. The van der Waals surface area contributed by atoms with Gasteiger partial charge in [0.1, 0.15) is 0 Å². The molecule has 0 atom stereocenters. The van der Waals surface area contributed by atoms with Crippen molar-refractivity contribution < 1.29 is 0 Å². The average Bonchev–Trinajstić information content (AvgIpc) is 4.23. The fraction of sp³-hybridized carbons (Fsp3) is 0.375. The zero-order valence-electron chi connectivity index (χ0n) is 43.3. The lowest BCUT2D eigenvalue weighted by Crippen LogP contribution is -1.98. The molecule has 0 fully saturated rings. The third-order valence-electron chi connectivity index (χ3n) is 14.9. The van der Waals surface area contributed by atoms with E-state index < -0.39 is 0 Å². The summed E-state index contributed by atoms with van der Waals surface area (Å²) in [4.78, 5) is 38.0. The van der Waals surface area contributed by atoms with E-state index in [1.54, 1.807) is 0 Å². The van der Waals surface area contributed by atoms with Crippen LogP contribution in [-0.2, 0) is 25.7 Å². The van der Waals surface area contributed by atoms with Crippen molar-refractivity contribution in [3.63, 3.8) is 0 Å². The van der Waals surface area contributed by atoms with Crippen LogP contribution in [0.25, 0.3) is 104 Å². The number of hydrogen-bond donors (Lipinski definition) is 4. The molecule has 0 aromatic carbocycles. The van der Waals surface area contributed by atoms with Gasteiger partial charge in [0.15, 0.2) is 0 Å². The first-order valence-corrected chi connectivity index (χ1v) is 27.7. The highest BCUT2D eigenvalue weighted by molar-refractivity contribution is 5.97. The second-order valence-electron chi connectivity index (χ2n) is 20.4. The molecular weight excluding hydrogens is 881 g/mol. The smallest absolute Gasteiger partial charge is 0.0739 e. The van der Waals surface area contributed by atoms with Gasteiger partial charge < -0.3 is 19.9 Å². The molecule has 10 heterocycles. The van der Waals surface area contributed by atoms with Crippen molar-refractivity contribution in [1.29, 1.82) is 0 Å². The fourth-order valence-electron chi connectivity index (χ4n) is 11.0. The van der Waals surface area contributed by atoms with E-state index in [1.807, 2.05) is 0 Å². The van der Waals surface area contributed by atoms with E-state index in [0.29, 0.717) is 0 Å². The first-order chi connectivity index (χ1) is 35.5. The SMILES string of the molecule is CCCCCCc1c2nc(c(-c3c4nc(c(CCCCCC)c5ccc(cc6ccc([nH]6)c(CCCCCC)c6nc3C=C6)[nH]5)C=C4)c3nc(c(CCCCCC)c4ccc(cc5ccc1[nH]5)[nH]4)C=C3)C=C2. The molecule has 16 bridgehead atoms. The topological polar surface area (TPSA) is 115 Å². The predicted octanol–water partition coefficient (Wildman–Crippen LogP) is 17.8. The third-order valence-corrected chi connectivity index (χ3v) is 14.9. The zero-order valence-corrected chi connectivity index (χ0v) is 43.3. The Bertz CT molecular complexity index is 2940. The second kappa shape index (κ2) is 23.2. The number of rotatable bonds is 21. The van der Waals surface area contributed by atoms with Crippen molar-refractivity contribution in [2.75, 3.05) is 0 Å². The number of hydrogen-bond acceptors (Lipinski definition) is 4. The molecule has 0 aliphatic carbocycles. The molecule has 370 valence electrons. The summed E-state index contributed by atoms with van der Waals surface area (Å²) in [5, 5.41) is 0. The van der Waals surface area contributed by atoms with Crippen LogP contribution in [0.3, 0.4) is 0 Å². The average molecular weight is 955 g/mol. The molecule has 0 radical (unpaired) electrons. The summed E-state index contributed by atoms with van der Waals surface area (Å²) in [5.41, 5.74) is 23.0. The number of aromatic nitrogens is 8. The Morgan fingerprint density at radius 1 is 0.278 bits per heavy atom. The van der Waals surface area contributed by atoms with Crippen molar-refractivity contribution in [2.45, 2.75) is 156 Å². The van der Waals surface area contributed by atoms with Gasteiger partial charge in [-0.15, -0.1) is 0 Å². The van der Waals surface area contributed by atoms with E-state index in [1.165, 1.54) is 99.3 Å². The molecule has 0 unspecified atom stereocenters. The molecule has 10 rings (SSSR count). The van der Waals surface area contributed by atoms with E-state index in [0.717, 1.165) is 152 Å². The number of nitrogens with zero attached hydrogens (tertiary/aromatic N) is 4. The fourth-order valence-corrected chi connectivity index (χ4v) is 11.0. The molecule has 0 saturated carbocycles. The third kappa shape index (κ3) is 11.0. The van der Waals surface area contributed by atoms with Crippen molar-refractivity contribution in [1.82, 2.24) is 39.9 Å². The van der Waals surface area contributed by atoms with E-state index in [-0.39, 0.29) is 0 Å². The Kier molecular flexibility index (Phi) is 15.7. The molecule has 4 aliphatic heterocycles. The molecule has 4 N–H and O–H groups in total. The summed E-state index contributed by atoms with van der Waals surface area (Å²) in [7, 11) is 0. The maximum atomic E-state index is 5.68. The standard InChI is InChI=1S/C64H74N8/c1-5-9-13-17-21-47-51-29-25-43(65-51)41-44-26-30-52(66-44)48(22-18-14-10-6-2)56-34-38-60(70-56)63(59-37-33-55(47)69-59)64-61-39-35-57(71-61)49(23-19-15-11-7-3)53-31-27-45(67-53)42-46-28-32-54(68-46)50(24-20-16-12-8-4)58-36-40-62(64)72-58/h25-42,65-68H,5-24H2,1-4H3. The van der Waals surface area contributed by atoms with Crippen molar-refractivity contribution in [3.8, 4) is 11.1 Å². The highest BCUT2D eigenvalue weighted by Gasteiger charge is 2.24. The van der Waals surface area contributed by atoms with Crippen molar-refractivity contribution in [2.24, 2.45) is 0 Å². The molecule has 72 heavy (non-hydrogen) atoms. The minimum absolute atomic E-state index is 0.877. The molecule has 6 aromatic heterocycles. The normalized spacial score (nSPS) is 12.8. The Labute approximate surface area is 426 Å². The van der Waals surface area contributed by atoms with Gasteiger partial charge in [-0.3, -0.25) is 0 Å². The summed E-state index contributed by atoms with van der Waals surface area (Å²) < 4.78 is 0. The monoisotopic (exact) mass is 955 g/mol.